The summed E-state index contributed by atoms with van der Waals surface area (Å²) in [7, 11) is 0. The Kier molecular flexibility index (Phi) is 3.71. The van der Waals surface area contributed by atoms with Gasteiger partial charge in [0.2, 0.25) is 0 Å². The average molecular weight is 299 g/mol. The van der Waals surface area contributed by atoms with E-state index in [-0.39, 0.29) is 16.1 Å². The summed E-state index contributed by atoms with van der Waals surface area (Å²) in [5, 5.41) is 0.993. The van der Waals surface area contributed by atoms with E-state index in [1.165, 1.54) is 0 Å². The van der Waals surface area contributed by atoms with Crippen LogP contribution in [0.5, 0.6) is 0 Å². The van der Waals surface area contributed by atoms with Gasteiger partial charge >= 0.3 is 0 Å². The second-order valence-electron chi connectivity index (χ2n) is 3.60. The van der Waals surface area contributed by atoms with Gasteiger partial charge in [-0.1, -0.05) is 35.4 Å². The van der Waals surface area contributed by atoms with Gasteiger partial charge in [0.25, 0.3) is 5.56 Å². The summed E-state index contributed by atoms with van der Waals surface area (Å²) in [6.07, 6.45) is 0. The highest BCUT2D eigenvalue weighted by atomic mass is 35.5. The molecular weight excluding hydrogens is 291 g/mol. The lowest BCUT2D eigenvalue weighted by atomic mass is 10.1. The Morgan fingerprint density at radius 1 is 1.22 bits per heavy atom. The number of thiocarbonyl (C=S) groups is 1. The number of benzene rings is 1. The number of nitrogens with one attached hydrogen (secondary N) is 1. The molecular formula is C12H8Cl2N2OS. The topological polar surface area (TPSA) is 58.9 Å². The third kappa shape index (κ3) is 2.56. The molecule has 0 unspecified atom stereocenters. The van der Waals surface area contributed by atoms with Crippen LogP contribution in [-0.2, 0) is 0 Å². The van der Waals surface area contributed by atoms with Gasteiger partial charge in [-0.05, 0) is 30.3 Å². The second kappa shape index (κ2) is 5.10. The smallest absolute Gasteiger partial charge is 0.258 e. The maximum Gasteiger partial charge on any atom is 0.258 e. The minimum Gasteiger partial charge on any atom is -0.389 e. The average Bonchev–Trinajstić information content (AvgIpc) is 2.28. The molecule has 0 aliphatic heterocycles. The van der Waals surface area contributed by atoms with Gasteiger partial charge in [0.05, 0.1) is 10.6 Å². The highest BCUT2D eigenvalue weighted by molar-refractivity contribution is 7.80. The highest BCUT2D eigenvalue weighted by Gasteiger charge is 2.08. The SMILES string of the molecule is NC(=S)c1ccc(-c2ccc(Cl)cc2Cl)[nH]c1=O. The summed E-state index contributed by atoms with van der Waals surface area (Å²) < 4.78 is 0. The van der Waals surface area contributed by atoms with Crippen molar-refractivity contribution < 1.29 is 0 Å². The van der Waals surface area contributed by atoms with Crippen LogP contribution in [-0.4, -0.2) is 9.97 Å². The van der Waals surface area contributed by atoms with Crippen molar-refractivity contribution in [2.45, 2.75) is 0 Å². The van der Waals surface area contributed by atoms with Crippen molar-refractivity contribution in [3.63, 3.8) is 0 Å². The number of aromatic nitrogens is 1. The predicted octanol–water partition coefficient (Wildman–Crippen LogP) is 2.98. The summed E-state index contributed by atoms with van der Waals surface area (Å²) in [6.45, 7) is 0. The van der Waals surface area contributed by atoms with Crippen molar-refractivity contribution in [1.29, 1.82) is 0 Å². The van der Waals surface area contributed by atoms with Crippen molar-refractivity contribution >= 4 is 40.4 Å². The minimum absolute atomic E-state index is 0.0602. The van der Waals surface area contributed by atoms with E-state index >= 15 is 0 Å². The molecule has 1 heterocycles. The van der Waals surface area contributed by atoms with Crippen LogP contribution in [0, 0.1) is 0 Å². The molecule has 1 aromatic carbocycles. The van der Waals surface area contributed by atoms with E-state index in [0.29, 0.717) is 21.3 Å². The first kappa shape index (κ1) is 13.1. The number of rotatable bonds is 2. The van der Waals surface area contributed by atoms with E-state index in [1.54, 1.807) is 30.3 Å². The lowest BCUT2D eigenvalue weighted by Gasteiger charge is -2.06. The molecule has 3 nitrogen and oxygen atoms in total. The first-order valence-corrected chi connectivity index (χ1v) is 6.14. The molecule has 6 heteroatoms. The van der Waals surface area contributed by atoms with Gasteiger partial charge in [-0.3, -0.25) is 4.79 Å². The highest BCUT2D eigenvalue weighted by Crippen LogP contribution is 2.28. The Balaban J connectivity index is 2.56. The number of aromatic amines is 1. The number of nitrogens with two attached hydrogens (primary N) is 1. The Morgan fingerprint density at radius 2 is 1.94 bits per heavy atom. The normalized spacial score (nSPS) is 10.3. The molecule has 1 aromatic heterocycles. The Hall–Kier alpha value is -1.36. The third-order valence-corrected chi connectivity index (χ3v) is 3.16. The number of hydrogen-bond acceptors (Lipinski definition) is 2. The third-order valence-electron chi connectivity index (χ3n) is 2.40. The largest absolute Gasteiger partial charge is 0.389 e. The number of hydrogen-bond donors (Lipinski definition) is 2. The molecule has 0 aliphatic carbocycles. The fourth-order valence-electron chi connectivity index (χ4n) is 1.53. The van der Waals surface area contributed by atoms with Crippen molar-refractivity contribution in [2.75, 3.05) is 0 Å². The van der Waals surface area contributed by atoms with Crippen LogP contribution in [0.3, 0.4) is 0 Å². The molecule has 0 saturated heterocycles. The maximum absolute atomic E-state index is 11.7. The first-order chi connectivity index (χ1) is 8.49. The molecule has 0 aliphatic rings. The van der Waals surface area contributed by atoms with Gasteiger partial charge < -0.3 is 10.7 Å². The zero-order valence-corrected chi connectivity index (χ0v) is 11.4. The Bertz CT molecular complexity index is 682. The van der Waals surface area contributed by atoms with E-state index in [1.807, 2.05) is 0 Å². The number of pyridine rings is 1. The summed E-state index contributed by atoms with van der Waals surface area (Å²) in [5.41, 5.74) is 6.63. The molecule has 18 heavy (non-hydrogen) atoms. The maximum atomic E-state index is 11.7. The van der Waals surface area contributed by atoms with E-state index in [9.17, 15) is 4.79 Å². The Labute approximate surface area is 119 Å². The molecule has 0 atom stereocenters. The van der Waals surface area contributed by atoms with Crippen LogP contribution in [0.1, 0.15) is 5.56 Å². The number of H-pyrrole nitrogens is 1. The van der Waals surface area contributed by atoms with E-state index in [4.69, 9.17) is 41.2 Å². The molecule has 0 amide bonds. The Morgan fingerprint density at radius 3 is 2.50 bits per heavy atom. The predicted molar refractivity (Wildman–Crippen MR) is 78.4 cm³/mol. The van der Waals surface area contributed by atoms with Crippen molar-refractivity contribution in [1.82, 2.24) is 4.98 Å². The number of halogens is 2. The quantitative estimate of drug-likeness (QED) is 0.838. The fourth-order valence-corrected chi connectivity index (χ4v) is 2.20. The zero-order valence-electron chi connectivity index (χ0n) is 9.04. The van der Waals surface area contributed by atoms with Gasteiger partial charge in [-0.15, -0.1) is 0 Å². The van der Waals surface area contributed by atoms with Crippen LogP contribution in [0.2, 0.25) is 10.0 Å². The van der Waals surface area contributed by atoms with Crippen molar-refractivity contribution in [2.24, 2.45) is 5.73 Å². The van der Waals surface area contributed by atoms with Crippen LogP contribution >= 0.6 is 35.4 Å². The summed E-state index contributed by atoms with van der Waals surface area (Å²) in [4.78, 5) is 14.5. The zero-order chi connectivity index (χ0) is 13.3. The first-order valence-electron chi connectivity index (χ1n) is 4.97. The van der Waals surface area contributed by atoms with Crippen LogP contribution in [0.15, 0.2) is 35.1 Å². The molecule has 0 fully saturated rings. The van der Waals surface area contributed by atoms with Gasteiger partial charge in [0.1, 0.15) is 4.99 Å². The van der Waals surface area contributed by atoms with Crippen LogP contribution in [0.4, 0.5) is 0 Å². The summed E-state index contributed by atoms with van der Waals surface area (Å²) in [5.74, 6) is 0. The molecule has 0 spiro atoms. The van der Waals surface area contributed by atoms with E-state index in [2.05, 4.69) is 4.98 Å². The molecule has 3 N–H and O–H groups in total. The lowest BCUT2D eigenvalue weighted by molar-refractivity contribution is 1.23. The molecule has 92 valence electrons. The lowest BCUT2D eigenvalue weighted by Crippen LogP contribution is -2.22. The molecule has 0 radical (unpaired) electrons. The van der Waals surface area contributed by atoms with Gasteiger partial charge in [-0.2, -0.15) is 0 Å². The monoisotopic (exact) mass is 298 g/mol. The van der Waals surface area contributed by atoms with E-state index < -0.39 is 0 Å². The van der Waals surface area contributed by atoms with Crippen LogP contribution in [0.25, 0.3) is 11.3 Å². The summed E-state index contributed by atoms with van der Waals surface area (Å²) >= 11 is 16.6. The van der Waals surface area contributed by atoms with E-state index in [0.717, 1.165) is 0 Å². The summed E-state index contributed by atoms with van der Waals surface area (Å²) in [6, 6.07) is 8.31. The minimum atomic E-state index is -0.342. The fraction of sp³-hybridized carbons (Fsp3) is 0. The molecule has 2 aromatic rings. The van der Waals surface area contributed by atoms with Crippen molar-refractivity contribution in [3.8, 4) is 11.3 Å². The second-order valence-corrected chi connectivity index (χ2v) is 4.89. The molecule has 2 rings (SSSR count). The molecule has 0 bridgehead atoms. The van der Waals surface area contributed by atoms with Gasteiger partial charge in [-0.25, -0.2) is 0 Å². The van der Waals surface area contributed by atoms with Gasteiger partial charge in [0, 0.05) is 16.3 Å². The van der Waals surface area contributed by atoms with Crippen LogP contribution < -0.4 is 11.3 Å². The standard InChI is InChI=1S/C12H8Cl2N2OS/c13-6-1-2-7(9(14)5-6)10-4-3-8(11(15)18)12(17)16-10/h1-5H,(H2,15,18)(H,16,17). The molecule has 0 saturated carbocycles. The van der Waals surface area contributed by atoms with Gasteiger partial charge in [0.15, 0.2) is 0 Å². The van der Waals surface area contributed by atoms with Crippen molar-refractivity contribution in [3.05, 3.63) is 56.3 Å².